The van der Waals surface area contributed by atoms with Crippen molar-refractivity contribution in [2.24, 2.45) is 0 Å². The van der Waals surface area contributed by atoms with Crippen molar-refractivity contribution < 1.29 is 9.59 Å². The quantitative estimate of drug-likeness (QED) is 0.319. The molecule has 1 fully saturated rings. The van der Waals surface area contributed by atoms with E-state index in [2.05, 4.69) is 5.32 Å². The summed E-state index contributed by atoms with van der Waals surface area (Å²) >= 11 is 6.73. The van der Waals surface area contributed by atoms with Gasteiger partial charge in [0.05, 0.1) is 4.91 Å². The zero-order chi connectivity index (χ0) is 23.2. The van der Waals surface area contributed by atoms with Crippen molar-refractivity contribution in [1.82, 2.24) is 4.90 Å². The average molecular weight is 473 g/mol. The molecule has 0 bridgehead atoms. The largest absolute Gasteiger partial charge is 0.326 e. The number of nitrogens with zero attached hydrogens (tertiary/aromatic N) is 1. The Morgan fingerprint density at radius 2 is 1.76 bits per heavy atom. The average Bonchev–Trinajstić information content (AvgIpc) is 3.07. The van der Waals surface area contributed by atoms with Crippen LogP contribution in [-0.2, 0) is 9.59 Å². The molecular formula is C27H24N2O2S2. The first kappa shape index (κ1) is 23.0. The van der Waals surface area contributed by atoms with Crippen LogP contribution < -0.4 is 5.32 Å². The summed E-state index contributed by atoms with van der Waals surface area (Å²) in [7, 11) is 0. The van der Waals surface area contributed by atoms with E-state index in [1.54, 1.807) is 4.90 Å². The normalized spacial score (nSPS) is 15.5. The monoisotopic (exact) mass is 472 g/mol. The molecule has 0 radical (unpaired) electrons. The topological polar surface area (TPSA) is 49.4 Å². The van der Waals surface area contributed by atoms with Gasteiger partial charge in [0.1, 0.15) is 4.32 Å². The predicted molar refractivity (Wildman–Crippen MR) is 142 cm³/mol. The highest BCUT2D eigenvalue weighted by molar-refractivity contribution is 8.26. The lowest BCUT2D eigenvalue weighted by Gasteiger charge is -2.14. The van der Waals surface area contributed by atoms with E-state index in [0.717, 1.165) is 27.6 Å². The number of benzene rings is 3. The molecule has 0 unspecified atom stereocenters. The lowest BCUT2D eigenvalue weighted by molar-refractivity contribution is -0.122. The number of thiocarbonyl (C=S) groups is 1. The molecule has 4 nitrogen and oxygen atoms in total. The van der Waals surface area contributed by atoms with Crippen molar-refractivity contribution in [2.75, 3.05) is 11.9 Å². The van der Waals surface area contributed by atoms with E-state index in [1.165, 1.54) is 11.8 Å². The Labute approximate surface area is 203 Å². The standard InChI is InChI=1S/C27H24N2O2S2/c1-19(17-20-9-3-2-4-10-20)18-24-26(31)29(27(32)33-24)16-8-15-25(30)28-23-14-7-12-21-11-5-6-13-22(21)23/h2-7,9-14,17-18H,8,15-16H2,1H3,(H,28,30). The lowest BCUT2D eigenvalue weighted by Crippen LogP contribution is -2.29. The molecule has 33 heavy (non-hydrogen) atoms. The minimum absolute atomic E-state index is 0.0750. The second-order valence-corrected chi connectivity index (χ2v) is 9.49. The zero-order valence-electron chi connectivity index (χ0n) is 18.3. The third-order valence-corrected chi connectivity index (χ3v) is 6.65. The van der Waals surface area contributed by atoms with E-state index < -0.39 is 0 Å². The summed E-state index contributed by atoms with van der Waals surface area (Å²) < 4.78 is 0.535. The minimum atomic E-state index is -0.0970. The van der Waals surface area contributed by atoms with Crippen LogP contribution in [-0.4, -0.2) is 27.6 Å². The van der Waals surface area contributed by atoms with E-state index in [1.807, 2.05) is 91.9 Å². The first-order valence-electron chi connectivity index (χ1n) is 10.8. The number of amides is 2. The van der Waals surface area contributed by atoms with Crippen molar-refractivity contribution in [3.63, 3.8) is 0 Å². The van der Waals surface area contributed by atoms with Crippen molar-refractivity contribution in [3.05, 3.63) is 94.9 Å². The second kappa shape index (κ2) is 10.6. The van der Waals surface area contributed by atoms with Gasteiger partial charge in [-0.3, -0.25) is 14.5 Å². The molecule has 166 valence electrons. The molecule has 2 amide bonds. The summed E-state index contributed by atoms with van der Waals surface area (Å²) in [5.41, 5.74) is 2.86. The maximum absolute atomic E-state index is 12.8. The molecule has 1 aliphatic heterocycles. The summed E-state index contributed by atoms with van der Waals surface area (Å²) in [5.74, 6) is -0.172. The molecule has 6 heteroatoms. The molecule has 4 rings (SSSR count). The van der Waals surface area contributed by atoms with E-state index in [-0.39, 0.29) is 11.8 Å². The highest BCUT2D eigenvalue weighted by Crippen LogP contribution is 2.32. The first-order chi connectivity index (χ1) is 16.0. The van der Waals surface area contributed by atoms with E-state index >= 15 is 0 Å². The number of thioether (sulfide) groups is 1. The molecule has 1 heterocycles. The van der Waals surface area contributed by atoms with Crippen LogP contribution in [0.1, 0.15) is 25.3 Å². The third-order valence-electron chi connectivity index (χ3n) is 5.28. The van der Waals surface area contributed by atoms with Crippen LogP contribution >= 0.6 is 24.0 Å². The summed E-state index contributed by atoms with van der Waals surface area (Å²) in [6.45, 7) is 2.39. The number of nitrogens with one attached hydrogen (secondary N) is 1. The Morgan fingerprint density at radius 1 is 1.03 bits per heavy atom. The zero-order valence-corrected chi connectivity index (χ0v) is 19.9. The molecule has 3 aromatic carbocycles. The second-order valence-electron chi connectivity index (χ2n) is 7.81. The Hall–Kier alpha value is -3.22. The van der Waals surface area contributed by atoms with Crippen LogP contribution in [0.15, 0.2) is 89.4 Å². The van der Waals surface area contributed by atoms with Crippen LogP contribution in [0.4, 0.5) is 5.69 Å². The minimum Gasteiger partial charge on any atom is -0.326 e. The highest BCUT2D eigenvalue weighted by atomic mass is 32.2. The molecule has 0 aromatic heterocycles. The van der Waals surface area contributed by atoms with Crippen molar-refractivity contribution in [1.29, 1.82) is 0 Å². The summed E-state index contributed by atoms with van der Waals surface area (Å²) in [5, 5.41) is 5.08. The van der Waals surface area contributed by atoms with E-state index in [9.17, 15) is 9.59 Å². The highest BCUT2D eigenvalue weighted by Gasteiger charge is 2.31. The van der Waals surface area contributed by atoms with Gasteiger partial charge in [0.25, 0.3) is 5.91 Å². The fourth-order valence-corrected chi connectivity index (χ4v) is 5.06. The molecule has 1 N–H and O–H groups in total. The molecule has 0 saturated carbocycles. The van der Waals surface area contributed by atoms with Crippen LogP contribution in [0.2, 0.25) is 0 Å². The van der Waals surface area contributed by atoms with E-state index in [4.69, 9.17) is 12.2 Å². The first-order valence-corrected chi connectivity index (χ1v) is 12.0. The fraction of sp³-hybridized carbons (Fsp3) is 0.148. The molecule has 0 aliphatic carbocycles. The molecule has 1 saturated heterocycles. The number of carbonyl (C=O) groups excluding carboxylic acids is 2. The summed E-state index contributed by atoms with van der Waals surface area (Å²) in [4.78, 5) is 27.5. The maximum atomic E-state index is 12.8. The van der Waals surface area contributed by atoms with Gasteiger partial charge in [-0.1, -0.05) is 96.8 Å². The number of carbonyl (C=O) groups is 2. The van der Waals surface area contributed by atoms with Gasteiger partial charge in [0.2, 0.25) is 5.91 Å². The maximum Gasteiger partial charge on any atom is 0.266 e. The van der Waals surface area contributed by atoms with Crippen molar-refractivity contribution in [2.45, 2.75) is 19.8 Å². The molecule has 1 aliphatic rings. The number of hydrogen-bond acceptors (Lipinski definition) is 4. The number of anilines is 1. The van der Waals surface area contributed by atoms with Gasteiger partial charge >= 0.3 is 0 Å². The fourth-order valence-electron chi connectivity index (χ4n) is 3.70. The Bertz CT molecular complexity index is 1260. The van der Waals surface area contributed by atoms with Gasteiger partial charge in [0, 0.05) is 24.0 Å². The molecule has 0 atom stereocenters. The van der Waals surface area contributed by atoms with Gasteiger partial charge in [-0.15, -0.1) is 0 Å². The van der Waals surface area contributed by atoms with Crippen LogP contribution in [0.5, 0.6) is 0 Å². The van der Waals surface area contributed by atoms with Crippen LogP contribution in [0.25, 0.3) is 16.8 Å². The van der Waals surface area contributed by atoms with Crippen LogP contribution in [0.3, 0.4) is 0 Å². The number of rotatable bonds is 7. The van der Waals surface area contributed by atoms with Gasteiger partial charge in [-0.25, -0.2) is 0 Å². The van der Waals surface area contributed by atoms with Gasteiger partial charge in [0.15, 0.2) is 0 Å². The van der Waals surface area contributed by atoms with E-state index in [0.29, 0.717) is 28.6 Å². The van der Waals surface area contributed by atoms with Gasteiger partial charge in [-0.2, -0.15) is 0 Å². The summed E-state index contributed by atoms with van der Waals surface area (Å²) in [6, 6.07) is 23.8. The Kier molecular flexibility index (Phi) is 7.37. The predicted octanol–water partition coefficient (Wildman–Crippen LogP) is 6.41. The molecule has 3 aromatic rings. The number of fused-ring (bicyclic) bond motifs is 1. The molecular weight excluding hydrogens is 448 g/mol. The van der Waals surface area contributed by atoms with Gasteiger partial charge in [-0.05, 0) is 42.0 Å². The Balaban J connectivity index is 1.33. The number of allylic oxidation sites excluding steroid dienone is 2. The Morgan fingerprint density at radius 3 is 2.58 bits per heavy atom. The molecule has 0 spiro atoms. The van der Waals surface area contributed by atoms with Crippen molar-refractivity contribution in [3.8, 4) is 0 Å². The van der Waals surface area contributed by atoms with Gasteiger partial charge < -0.3 is 5.32 Å². The van der Waals surface area contributed by atoms with Crippen molar-refractivity contribution >= 4 is 62.7 Å². The number of hydrogen-bond donors (Lipinski definition) is 1. The SMILES string of the molecule is CC(=Cc1ccccc1)C=C1SC(=S)N(CCCC(=O)Nc2cccc3ccccc23)C1=O. The van der Waals surface area contributed by atoms with Crippen LogP contribution in [0, 0.1) is 0 Å². The lowest BCUT2D eigenvalue weighted by atomic mass is 10.1. The smallest absolute Gasteiger partial charge is 0.266 e. The summed E-state index contributed by atoms with van der Waals surface area (Å²) in [6.07, 6.45) is 4.76. The third kappa shape index (κ3) is 5.78.